The second-order valence-electron chi connectivity index (χ2n) is 6.40. The van der Waals surface area contributed by atoms with E-state index in [1.807, 2.05) is 12.5 Å². The number of hydrogen-bond acceptors (Lipinski definition) is 3. The first-order valence-electron chi connectivity index (χ1n) is 7.69. The maximum absolute atomic E-state index is 4.10. The number of imidazole rings is 1. The highest BCUT2D eigenvalue weighted by Gasteiger charge is 2.42. The van der Waals surface area contributed by atoms with Crippen molar-refractivity contribution in [1.82, 2.24) is 19.8 Å². The first-order chi connectivity index (χ1) is 9.26. The number of hydrogen-bond donors (Lipinski definition) is 1. The molecule has 0 amide bonds. The molecule has 0 radical (unpaired) electrons. The Kier molecular flexibility index (Phi) is 3.89. The van der Waals surface area contributed by atoms with Gasteiger partial charge in [-0.1, -0.05) is 0 Å². The van der Waals surface area contributed by atoms with E-state index in [-0.39, 0.29) is 0 Å². The second kappa shape index (κ2) is 5.63. The second-order valence-corrected chi connectivity index (χ2v) is 6.40. The molecule has 1 saturated heterocycles. The predicted octanol–water partition coefficient (Wildman–Crippen LogP) is 1.74. The molecule has 1 saturated carbocycles. The van der Waals surface area contributed by atoms with Crippen LogP contribution in [0.5, 0.6) is 0 Å². The molecule has 1 aromatic heterocycles. The van der Waals surface area contributed by atoms with Crippen molar-refractivity contribution in [2.45, 2.75) is 44.7 Å². The molecule has 106 valence electrons. The molecule has 19 heavy (non-hydrogen) atoms. The summed E-state index contributed by atoms with van der Waals surface area (Å²) in [4.78, 5) is 6.76. The van der Waals surface area contributed by atoms with Crippen LogP contribution in [0.1, 0.15) is 32.6 Å². The molecule has 3 rings (SSSR count). The molecule has 0 bridgehead atoms. The summed E-state index contributed by atoms with van der Waals surface area (Å²) in [5.74, 6) is 0.918. The normalized spacial score (nSPS) is 29.3. The quantitative estimate of drug-likeness (QED) is 0.877. The Balaban J connectivity index is 1.49. The van der Waals surface area contributed by atoms with E-state index < -0.39 is 0 Å². The largest absolute Gasteiger partial charge is 0.337 e. The minimum Gasteiger partial charge on any atom is -0.337 e. The van der Waals surface area contributed by atoms with Crippen LogP contribution in [0.4, 0.5) is 0 Å². The third-order valence-electron chi connectivity index (χ3n) is 4.66. The van der Waals surface area contributed by atoms with E-state index >= 15 is 0 Å². The zero-order valence-corrected chi connectivity index (χ0v) is 12.0. The molecule has 1 aromatic rings. The minimum absolute atomic E-state index is 0.367. The summed E-state index contributed by atoms with van der Waals surface area (Å²) < 4.78 is 2.18. The van der Waals surface area contributed by atoms with Gasteiger partial charge in [0.25, 0.3) is 0 Å². The van der Waals surface area contributed by atoms with Gasteiger partial charge in [-0.05, 0) is 58.2 Å². The molecule has 0 spiro atoms. The first-order valence-corrected chi connectivity index (χ1v) is 7.69. The molecular formula is C15H26N4. The van der Waals surface area contributed by atoms with E-state index in [1.165, 1.54) is 51.9 Å². The smallest absolute Gasteiger partial charge is 0.0945 e. The molecule has 2 fully saturated rings. The summed E-state index contributed by atoms with van der Waals surface area (Å²) >= 11 is 0. The predicted molar refractivity (Wildman–Crippen MR) is 77.0 cm³/mol. The number of rotatable bonds is 5. The molecule has 1 unspecified atom stereocenters. The van der Waals surface area contributed by atoms with Crippen molar-refractivity contribution < 1.29 is 0 Å². The van der Waals surface area contributed by atoms with E-state index in [9.17, 15) is 0 Å². The summed E-state index contributed by atoms with van der Waals surface area (Å²) in [6.45, 7) is 8.39. The number of nitrogens with zero attached hydrogens (tertiary/aromatic N) is 3. The number of nitrogens with one attached hydrogen (secondary N) is 1. The Morgan fingerprint density at radius 1 is 1.37 bits per heavy atom. The molecule has 1 aliphatic carbocycles. The molecule has 0 aromatic carbocycles. The summed E-state index contributed by atoms with van der Waals surface area (Å²) in [6, 6.07) is 0. The minimum atomic E-state index is 0.367. The van der Waals surface area contributed by atoms with Crippen LogP contribution >= 0.6 is 0 Å². The Morgan fingerprint density at radius 2 is 2.26 bits per heavy atom. The van der Waals surface area contributed by atoms with Crippen LogP contribution in [0.25, 0.3) is 0 Å². The third kappa shape index (κ3) is 3.37. The monoisotopic (exact) mass is 262 g/mol. The highest BCUT2D eigenvalue weighted by atomic mass is 15.2. The molecule has 2 heterocycles. The van der Waals surface area contributed by atoms with Gasteiger partial charge in [-0.25, -0.2) is 4.98 Å². The Bertz CT molecular complexity index is 385. The van der Waals surface area contributed by atoms with Crippen molar-refractivity contribution in [3.8, 4) is 0 Å². The van der Waals surface area contributed by atoms with Gasteiger partial charge in [0.1, 0.15) is 0 Å². The highest BCUT2D eigenvalue weighted by Crippen LogP contribution is 2.40. The van der Waals surface area contributed by atoms with Gasteiger partial charge in [0.15, 0.2) is 0 Å². The molecule has 4 nitrogen and oxygen atoms in total. The molecule has 1 atom stereocenters. The van der Waals surface area contributed by atoms with Crippen molar-refractivity contribution in [2.75, 3.05) is 26.2 Å². The van der Waals surface area contributed by atoms with E-state index in [0.29, 0.717) is 5.54 Å². The van der Waals surface area contributed by atoms with Gasteiger partial charge in [-0.2, -0.15) is 0 Å². The fourth-order valence-electron chi connectivity index (χ4n) is 3.36. The van der Waals surface area contributed by atoms with Gasteiger partial charge < -0.3 is 14.8 Å². The lowest BCUT2D eigenvalue weighted by molar-refractivity contribution is 0.197. The van der Waals surface area contributed by atoms with Crippen molar-refractivity contribution in [1.29, 1.82) is 0 Å². The first kappa shape index (κ1) is 13.1. The Morgan fingerprint density at radius 3 is 3.00 bits per heavy atom. The van der Waals surface area contributed by atoms with Crippen LogP contribution in [-0.4, -0.2) is 46.2 Å². The Hall–Kier alpha value is -0.870. The van der Waals surface area contributed by atoms with E-state index in [1.54, 1.807) is 0 Å². The third-order valence-corrected chi connectivity index (χ3v) is 4.66. The van der Waals surface area contributed by atoms with Gasteiger partial charge in [0, 0.05) is 31.0 Å². The average molecular weight is 262 g/mol. The van der Waals surface area contributed by atoms with Gasteiger partial charge in [-0.15, -0.1) is 0 Å². The summed E-state index contributed by atoms with van der Waals surface area (Å²) in [6.07, 6.45) is 11.2. The van der Waals surface area contributed by atoms with Crippen molar-refractivity contribution in [3.05, 3.63) is 18.7 Å². The van der Waals surface area contributed by atoms with Crippen LogP contribution in [0.2, 0.25) is 0 Å². The summed E-state index contributed by atoms with van der Waals surface area (Å²) in [5, 5.41) is 3.80. The van der Waals surface area contributed by atoms with Crippen LogP contribution in [-0.2, 0) is 6.54 Å². The topological polar surface area (TPSA) is 33.1 Å². The molecule has 4 heteroatoms. The summed E-state index contributed by atoms with van der Waals surface area (Å²) in [7, 11) is 0. The van der Waals surface area contributed by atoms with Crippen molar-refractivity contribution >= 4 is 0 Å². The van der Waals surface area contributed by atoms with Gasteiger partial charge in [-0.3, -0.25) is 0 Å². The lowest BCUT2D eigenvalue weighted by Crippen LogP contribution is -2.51. The zero-order valence-electron chi connectivity index (χ0n) is 12.0. The van der Waals surface area contributed by atoms with Gasteiger partial charge in [0.2, 0.25) is 0 Å². The molecule has 1 N–H and O–H groups in total. The maximum atomic E-state index is 4.10. The molecule has 2 aliphatic rings. The van der Waals surface area contributed by atoms with Crippen molar-refractivity contribution in [3.63, 3.8) is 0 Å². The number of aromatic nitrogens is 2. The van der Waals surface area contributed by atoms with E-state index in [0.717, 1.165) is 12.5 Å². The maximum Gasteiger partial charge on any atom is 0.0945 e. The van der Waals surface area contributed by atoms with Crippen LogP contribution in [0.3, 0.4) is 0 Å². The fraction of sp³-hybridized carbons (Fsp3) is 0.800. The lowest BCUT2D eigenvalue weighted by atomic mass is 9.95. The fourth-order valence-corrected chi connectivity index (χ4v) is 3.36. The molecular weight excluding hydrogens is 236 g/mol. The van der Waals surface area contributed by atoms with E-state index in [2.05, 4.69) is 32.9 Å². The van der Waals surface area contributed by atoms with Gasteiger partial charge in [0.05, 0.1) is 6.33 Å². The average Bonchev–Trinajstić information content (AvgIpc) is 3.16. The van der Waals surface area contributed by atoms with Crippen LogP contribution in [0, 0.1) is 5.92 Å². The SMILES string of the molecule is CC1(C2CC2)CN(CCCn2ccnc2)CCCN1. The van der Waals surface area contributed by atoms with Crippen LogP contribution in [0.15, 0.2) is 18.7 Å². The van der Waals surface area contributed by atoms with E-state index in [4.69, 9.17) is 0 Å². The molecule has 1 aliphatic heterocycles. The highest BCUT2D eigenvalue weighted by molar-refractivity contribution is 5.00. The summed E-state index contributed by atoms with van der Waals surface area (Å²) in [5.41, 5.74) is 0.367. The van der Waals surface area contributed by atoms with Crippen LogP contribution < -0.4 is 5.32 Å². The number of aryl methyl sites for hydroxylation is 1. The van der Waals surface area contributed by atoms with Gasteiger partial charge >= 0.3 is 0 Å². The zero-order chi connectivity index (χ0) is 13.1. The standard InChI is InChI=1S/C15H26N4/c1-15(14-4-5-14)12-18(8-2-6-17-15)9-3-10-19-11-7-16-13-19/h7,11,13-14,17H,2-6,8-10,12H2,1H3. The Labute approximate surface area is 116 Å². The van der Waals surface area contributed by atoms with Crippen molar-refractivity contribution in [2.24, 2.45) is 5.92 Å². The lowest BCUT2D eigenvalue weighted by Gasteiger charge is -2.34.